The van der Waals surface area contributed by atoms with E-state index >= 15 is 0 Å². The van der Waals surface area contributed by atoms with Gasteiger partial charge in [0.1, 0.15) is 5.70 Å². The first kappa shape index (κ1) is 16.5. The Bertz CT molecular complexity index is 746. The highest BCUT2D eigenvalue weighted by molar-refractivity contribution is 6.00. The molecule has 0 radical (unpaired) electrons. The predicted octanol–water partition coefficient (Wildman–Crippen LogP) is 2.89. The first-order valence-electron chi connectivity index (χ1n) is 7.38. The van der Waals surface area contributed by atoms with Crippen LogP contribution < -0.4 is 10.6 Å². The Balaban J connectivity index is 2.37. The lowest BCUT2D eigenvalue weighted by Crippen LogP contribution is -2.31. The van der Waals surface area contributed by atoms with Crippen molar-refractivity contribution in [2.45, 2.75) is 13.8 Å². The van der Waals surface area contributed by atoms with Crippen LogP contribution in [-0.2, 0) is 9.59 Å². The van der Waals surface area contributed by atoms with Gasteiger partial charge in [-0.3, -0.25) is 9.59 Å². The van der Waals surface area contributed by atoms with Crippen molar-refractivity contribution in [3.63, 3.8) is 0 Å². The van der Waals surface area contributed by atoms with Gasteiger partial charge < -0.3 is 10.6 Å². The number of aryl methyl sites for hydroxylation is 1. The lowest BCUT2D eigenvalue weighted by atomic mass is 10.0. The van der Waals surface area contributed by atoms with Crippen LogP contribution in [0.5, 0.6) is 0 Å². The van der Waals surface area contributed by atoms with Crippen LogP contribution in [0.1, 0.15) is 18.1 Å². The van der Waals surface area contributed by atoms with Crippen LogP contribution in [0, 0.1) is 6.92 Å². The summed E-state index contributed by atoms with van der Waals surface area (Å²) in [6, 6.07) is 16.1. The van der Waals surface area contributed by atoms with E-state index in [2.05, 4.69) is 34.9 Å². The maximum absolute atomic E-state index is 11.9. The SMILES string of the molecule is CNC(=O)C(=Cc1cccc(-c2ccc(C)cc2)c1)NC(C)=O. The monoisotopic (exact) mass is 308 g/mol. The summed E-state index contributed by atoms with van der Waals surface area (Å²) in [4.78, 5) is 23.1. The van der Waals surface area contributed by atoms with Gasteiger partial charge in [0.25, 0.3) is 5.91 Å². The van der Waals surface area contributed by atoms with Crippen molar-refractivity contribution < 1.29 is 9.59 Å². The van der Waals surface area contributed by atoms with E-state index in [9.17, 15) is 9.59 Å². The Morgan fingerprint density at radius 1 is 1.00 bits per heavy atom. The molecule has 4 nitrogen and oxygen atoms in total. The fraction of sp³-hybridized carbons (Fsp3) is 0.158. The number of carbonyl (C=O) groups excluding carboxylic acids is 2. The number of carbonyl (C=O) groups is 2. The molecule has 0 saturated carbocycles. The second kappa shape index (κ2) is 7.40. The third-order valence-corrected chi connectivity index (χ3v) is 3.36. The number of rotatable bonds is 4. The minimum Gasteiger partial charge on any atom is -0.354 e. The minimum atomic E-state index is -0.332. The van der Waals surface area contributed by atoms with Crippen LogP contribution in [0.3, 0.4) is 0 Å². The maximum atomic E-state index is 11.9. The molecule has 0 aliphatic carbocycles. The minimum absolute atomic E-state index is 0.223. The largest absolute Gasteiger partial charge is 0.354 e. The molecule has 0 saturated heterocycles. The summed E-state index contributed by atoms with van der Waals surface area (Å²) in [6.07, 6.45) is 1.66. The molecule has 0 heterocycles. The van der Waals surface area contributed by atoms with Crippen molar-refractivity contribution in [2.24, 2.45) is 0 Å². The number of nitrogens with one attached hydrogen (secondary N) is 2. The summed E-state index contributed by atoms with van der Waals surface area (Å²) >= 11 is 0. The van der Waals surface area contributed by atoms with E-state index < -0.39 is 0 Å². The molecule has 0 atom stereocenters. The zero-order valence-corrected chi connectivity index (χ0v) is 13.5. The lowest BCUT2D eigenvalue weighted by Gasteiger charge is -2.08. The molecule has 0 aliphatic heterocycles. The van der Waals surface area contributed by atoms with Crippen molar-refractivity contribution in [3.8, 4) is 11.1 Å². The van der Waals surface area contributed by atoms with Gasteiger partial charge in [0.15, 0.2) is 0 Å². The van der Waals surface area contributed by atoms with Crippen molar-refractivity contribution in [1.82, 2.24) is 10.6 Å². The van der Waals surface area contributed by atoms with E-state index in [1.807, 2.05) is 31.2 Å². The van der Waals surface area contributed by atoms with Crippen LogP contribution in [-0.4, -0.2) is 18.9 Å². The Morgan fingerprint density at radius 2 is 1.70 bits per heavy atom. The fourth-order valence-corrected chi connectivity index (χ4v) is 2.20. The summed E-state index contributed by atoms with van der Waals surface area (Å²) in [6.45, 7) is 3.42. The number of likely N-dealkylation sites (N-methyl/N-ethyl adjacent to an activating group) is 1. The number of hydrogen-bond donors (Lipinski definition) is 2. The zero-order valence-electron chi connectivity index (χ0n) is 13.5. The van der Waals surface area contributed by atoms with Crippen molar-refractivity contribution in [2.75, 3.05) is 7.05 Å². The highest BCUT2D eigenvalue weighted by Crippen LogP contribution is 2.21. The molecular formula is C19H20N2O2. The molecule has 0 spiro atoms. The van der Waals surface area contributed by atoms with Crippen molar-refractivity contribution >= 4 is 17.9 Å². The average Bonchev–Trinajstić information content (AvgIpc) is 2.54. The van der Waals surface area contributed by atoms with E-state index in [1.165, 1.54) is 19.5 Å². The molecular weight excluding hydrogens is 288 g/mol. The molecule has 0 fully saturated rings. The Hall–Kier alpha value is -2.88. The van der Waals surface area contributed by atoms with Crippen LogP contribution in [0.4, 0.5) is 0 Å². The number of hydrogen-bond acceptors (Lipinski definition) is 2. The second-order valence-corrected chi connectivity index (χ2v) is 5.31. The van der Waals surface area contributed by atoms with Gasteiger partial charge in [0.05, 0.1) is 0 Å². The summed E-state index contributed by atoms with van der Waals surface area (Å²) < 4.78 is 0. The summed E-state index contributed by atoms with van der Waals surface area (Å²) in [5.41, 5.74) is 4.43. The summed E-state index contributed by atoms with van der Waals surface area (Å²) in [7, 11) is 1.53. The quantitative estimate of drug-likeness (QED) is 0.853. The standard InChI is InChI=1S/C19H20N2O2/c1-13-7-9-16(10-8-13)17-6-4-5-15(11-17)12-18(19(23)20-3)21-14(2)22/h4-12H,1-3H3,(H,20,23)(H,21,22). The van der Waals surface area contributed by atoms with Gasteiger partial charge in [-0.1, -0.05) is 48.0 Å². The topological polar surface area (TPSA) is 58.2 Å². The third kappa shape index (κ3) is 4.54. The third-order valence-electron chi connectivity index (χ3n) is 3.36. The van der Waals surface area contributed by atoms with E-state index in [0.717, 1.165) is 16.7 Å². The Kier molecular flexibility index (Phi) is 5.31. The van der Waals surface area contributed by atoms with Crippen LogP contribution in [0.2, 0.25) is 0 Å². The molecule has 23 heavy (non-hydrogen) atoms. The van der Waals surface area contributed by atoms with Crippen molar-refractivity contribution in [3.05, 3.63) is 65.4 Å². The van der Waals surface area contributed by atoms with Crippen LogP contribution >= 0.6 is 0 Å². The van der Waals surface area contributed by atoms with Crippen LogP contribution in [0.25, 0.3) is 17.2 Å². The normalized spacial score (nSPS) is 11.0. The second-order valence-electron chi connectivity index (χ2n) is 5.31. The molecule has 0 aliphatic rings. The zero-order chi connectivity index (χ0) is 16.8. The number of benzene rings is 2. The van der Waals surface area contributed by atoms with E-state index in [1.54, 1.807) is 6.08 Å². The molecule has 2 aromatic rings. The Labute approximate surface area is 136 Å². The van der Waals surface area contributed by atoms with Gasteiger partial charge in [0, 0.05) is 14.0 Å². The molecule has 4 heteroatoms. The highest BCUT2D eigenvalue weighted by Gasteiger charge is 2.09. The van der Waals surface area contributed by atoms with Gasteiger partial charge in [-0.15, -0.1) is 0 Å². The van der Waals surface area contributed by atoms with Gasteiger partial charge in [-0.25, -0.2) is 0 Å². The van der Waals surface area contributed by atoms with Gasteiger partial charge in [0.2, 0.25) is 5.91 Å². The van der Waals surface area contributed by atoms with Gasteiger partial charge >= 0.3 is 0 Å². The maximum Gasteiger partial charge on any atom is 0.267 e. The smallest absolute Gasteiger partial charge is 0.267 e. The fourth-order valence-electron chi connectivity index (χ4n) is 2.20. The molecule has 118 valence electrons. The molecule has 2 aromatic carbocycles. The highest BCUT2D eigenvalue weighted by atomic mass is 16.2. The van der Waals surface area contributed by atoms with E-state index in [0.29, 0.717) is 0 Å². The molecule has 2 N–H and O–H groups in total. The number of amides is 2. The first-order chi connectivity index (χ1) is 11.0. The summed E-state index contributed by atoms with van der Waals surface area (Å²) in [5.74, 6) is -0.615. The molecule has 2 amide bonds. The van der Waals surface area contributed by atoms with E-state index in [-0.39, 0.29) is 17.5 Å². The Morgan fingerprint density at radius 3 is 2.30 bits per heavy atom. The molecule has 2 rings (SSSR count). The van der Waals surface area contributed by atoms with Crippen molar-refractivity contribution in [1.29, 1.82) is 0 Å². The average molecular weight is 308 g/mol. The van der Waals surface area contributed by atoms with Crippen LogP contribution in [0.15, 0.2) is 54.2 Å². The predicted molar refractivity (Wildman–Crippen MR) is 92.5 cm³/mol. The molecule has 0 aromatic heterocycles. The lowest BCUT2D eigenvalue weighted by molar-refractivity contribution is -0.122. The van der Waals surface area contributed by atoms with Gasteiger partial charge in [-0.05, 0) is 35.8 Å². The van der Waals surface area contributed by atoms with E-state index in [4.69, 9.17) is 0 Å². The molecule has 0 bridgehead atoms. The molecule has 0 unspecified atom stereocenters. The van der Waals surface area contributed by atoms with Gasteiger partial charge in [-0.2, -0.15) is 0 Å². The first-order valence-corrected chi connectivity index (χ1v) is 7.38. The summed E-state index contributed by atoms with van der Waals surface area (Å²) in [5, 5.41) is 5.08.